The van der Waals surface area contributed by atoms with Crippen LogP contribution in [0.3, 0.4) is 0 Å². The van der Waals surface area contributed by atoms with Crippen molar-refractivity contribution in [3.63, 3.8) is 0 Å². The third kappa shape index (κ3) is 85.8. The normalized spacial score (nSPS) is 12.8. The van der Waals surface area contributed by atoms with Gasteiger partial charge in [-0.25, -0.2) is 4.57 Å². The van der Waals surface area contributed by atoms with Gasteiger partial charge in [0.05, 0.1) is 27.7 Å². The van der Waals surface area contributed by atoms with Crippen molar-refractivity contribution in [1.29, 1.82) is 0 Å². The van der Waals surface area contributed by atoms with Crippen molar-refractivity contribution in [3.8, 4) is 0 Å². The fraction of sp³-hybridized carbons (Fsp3) is 0.978. The van der Waals surface area contributed by atoms with Gasteiger partial charge in [-0.15, -0.1) is 0 Å². The average Bonchev–Trinajstić information content (AvgIpc) is 1.45. The lowest BCUT2D eigenvalue weighted by Gasteiger charge is -2.24. The first kappa shape index (κ1) is 98.0. The Labute approximate surface area is 620 Å². The Morgan fingerprint density at radius 3 is 0.646 bits per heavy atom. The number of quaternary nitrogens is 1. The number of nitrogens with zero attached hydrogens (tertiary/aromatic N) is 1. The van der Waals surface area contributed by atoms with E-state index in [-0.39, 0.29) is 25.6 Å². The van der Waals surface area contributed by atoms with E-state index in [9.17, 15) is 19.0 Å². The number of carbonyl (C=O) groups is 2. The summed E-state index contributed by atoms with van der Waals surface area (Å²) in [5.41, 5.74) is 0. The molecule has 0 bridgehead atoms. The molecular weight excluding hydrogens is 1240 g/mol. The second kappa shape index (κ2) is 81.1. The smallest absolute Gasteiger partial charge is 0.462 e. The topological polar surface area (TPSA) is 108 Å². The van der Waals surface area contributed by atoms with Crippen LogP contribution in [0.15, 0.2) is 0 Å². The standard InChI is InChI=1S/C89H178NO8P/c1-6-8-10-12-14-16-18-20-22-24-26-28-30-32-34-36-38-40-42-43-44-45-46-48-50-52-54-56-58-60-62-64-66-68-70-72-74-76-78-80-82-89(92)98-87(86-97-99(93,94)96-84-83-90(3,4)5)85-95-88(91)81-79-77-75-73-71-69-67-65-63-61-59-57-55-53-51-49-47-41-39-37-35-33-31-29-27-25-23-21-19-17-15-13-11-9-7-2/h87H,6-86H2,1-5H3/p+1. The van der Waals surface area contributed by atoms with Gasteiger partial charge in [-0.2, -0.15) is 0 Å². The van der Waals surface area contributed by atoms with Gasteiger partial charge in [-0.05, 0) is 12.8 Å². The Morgan fingerprint density at radius 2 is 0.455 bits per heavy atom. The first-order valence-corrected chi connectivity index (χ1v) is 46.8. The van der Waals surface area contributed by atoms with Crippen LogP contribution in [0.1, 0.15) is 508 Å². The lowest BCUT2D eigenvalue weighted by molar-refractivity contribution is -0.870. The number of carbonyl (C=O) groups excluding carboxylic acids is 2. The summed E-state index contributed by atoms with van der Waals surface area (Å²) in [5.74, 6) is -0.762. The summed E-state index contributed by atoms with van der Waals surface area (Å²) < 4.78 is 34.9. The molecule has 0 aromatic rings. The number of ether oxygens (including phenoxy) is 2. The predicted molar refractivity (Wildman–Crippen MR) is 432 cm³/mol. The zero-order valence-electron chi connectivity index (χ0n) is 68.1. The van der Waals surface area contributed by atoms with Crippen LogP contribution in [-0.4, -0.2) is 74.9 Å². The molecule has 0 radical (unpaired) electrons. The van der Waals surface area contributed by atoms with Gasteiger partial charge in [-0.1, -0.05) is 483 Å². The van der Waals surface area contributed by atoms with Crippen molar-refractivity contribution in [2.45, 2.75) is 514 Å². The van der Waals surface area contributed by atoms with Gasteiger partial charge < -0.3 is 18.9 Å². The quantitative estimate of drug-likeness (QED) is 0.0278. The van der Waals surface area contributed by atoms with E-state index in [0.29, 0.717) is 17.4 Å². The average molecular weight is 1420 g/mol. The molecular formula is C89H179NO8P+. The second-order valence-electron chi connectivity index (χ2n) is 32.7. The molecule has 0 aromatic carbocycles. The number of likely N-dealkylation sites (N-methyl/N-ethyl adjacent to an activating group) is 1. The molecule has 0 aliphatic rings. The number of hydrogen-bond acceptors (Lipinski definition) is 7. The Bertz CT molecular complexity index is 1620. The molecule has 0 rings (SSSR count). The SMILES string of the molecule is CCCCCCCCCCCCCCCCCCCCCCCCCCCCCCCCCCCCCCCCCCC(=O)OC(COC(=O)CCCCCCCCCCCCCCCCCCCCCCCCCCCCCCCCCCCCC)COP(=O)(O)OCC[N+](C)(C)C. The largest absolute Gasteiger partial charge is 0.472 e. The molecule has 0 saturated heterocycles. The van der Waals surface area contributed by atoms with Gasteiger partial charge in [-0.3, -0.25) is 18.6 Å². The minimum absolute atomic E-state index is 0.0380. The van der Waals surface area contributed by atoms with Crippen LogP contribution >= 0.6 is 7.82 Å². The molecule has 0 aliphatic heterocycles. The summed E-state index contributed by atoms with van der Waals surface area (Å²) in [7, 11) is 1.51. The van der Waals surface area contributed by atoms with Crippen LogP contribution in [0.25, 0.3) is 0 Å². The zero-order chi connectivity index (χ0) is 71.8. The van der Waals surface area contributed by atoms with E-state index in [1.165, 1.54) is 443 Å². The highest BCUT2D eigenvalue weighted by atomic mass is 31.2. The molecule has 0 amide bonds. The number of esters is 2. The van der Waals surface area contributed by atoms with E-state index in [1.54, 1.807) is 0 Å². The van der Waals surface area contributed by atoms with Crippen LogP contribution in [-0.2, 0) is 32.7 Å². The van der Waals surface area contributed by atoms with E-state index in [2.05, 4.69) is 13.8 Å². The maximum Gasteiger partial charge on any atom is 0.472 e. The van der Waals surface area contributed by atoms with Gasteiger partial charge in [0.25, 0.3) is 0 Å². The minimum Gasteiger partial charge on any atom is -0.462 e. The van der Waals surface area contributed by atoms with E-state index in [4.69, 9.17) is 18.5 Å². The number of phosphoric acid groups is 1. The molecule has 99 heavy (non-hydrogen) atoms. The fourth-order valence-corrected chi connectivity index (χ4v) is 15.2. The van der Waals surface area contributed by atoms with Crippen LogP contribution < -0.4 is 0 Å². The summed E-state index contributed by atoms with van der Waals surface area (Å²) in [4.78, 5) is 36.1. The Morgan fingerprint density at radius 1 is 0.273 bits per heavy atom. The number of rotatable bonds is 87. The van der Waals surface area contributed by atoms with Crippen LogP contribution in [0.2, 0.25) is 0 Å². The van der Waals surface area contributed by atoms with Crippen LogP contribution in [0, 0.1) is 0 Å². The van der Waals surface area contributed by atoms with E-state index < -0.39 is 26.5 Å². The maximum absolute atomic E-state index is 12.9. The summed E-state index contributed by atoms with van der Waals surface area (Å²) in [6.07, 6.45) is 103. The molecule has 0 aromatic heterocycles. The van der Waals surface area contributed by atoms with Crippen molar-refractivity contribution < 1.29 is 42.1 Å². The zero-order valence-corrected chi connectivity index (χ0v) is 68.9. The molecule has 0 saturated carbocycles. The monoisotopic (exact) mass is 1420 g/mol. The lowest BCUT2D eigenvalue weighted by atomic mass is 10.0. The van der Waals surface area contributed by atoms with Crippen molar-refractivity contribution >= 4 is 19.8 Å². The third-order valence-corrected chi connectivity index (χ3v) is 22.4. The van der Waals surface area contributed by atoms with Crippen molar-refractivity contribution in [3.05, 3.63) is 0 Å². The summed E-state index contributed by atoms with van der Waals surface area (Å²) in [6, 6.07) is 0. The van der Waals surface area contributed by atoms with Crippen molar-refractivity contribution in [2.24, 2.45) is 0 Å². The van der Waals surface area contributed by atoms with Gasteiger partial charge in [0.15, 0.2) is 6.10 Å². The summed E-state index contributed by atoms with van der Waals surface area (Å²) >= 11 is 0. The van der Waals surface area contributed by atoms with Crippen LogP contribution in [0.4, 0.5) is 0 Å². The molecule has 2 unspecified atom stereocenters. The second-order valence-corrected chi connectivity index (χ2v) is 34.2. The van der Waals surface area contributed by atoms with Gasteiger partial charge >= 0.3 is 19.8 Å². The molecule has 10 heteroatoms. The number of hydrogen-bond donors (Lipinski definition) is 1. The molecule has 9 nitrogen and oxygen atoms in total. The highest BCUT2D eigenvalue weighted by Crippen LogP contribution is 2.43. The molecule has 1 N–H and O–H groups in total. The highest BCUT2D eigenvalue weighted by Gasteiger charge is 2.27. The summed E-state index contributed by atoms with van der Waals surface area (Å²) in [5, 5.41) is 0. The van der Waals surface area contributed by atoms with Crippen molar-refractivity contribution in [1.82, 2.24) is 0 Å². The predicted octanol–water partition coefficient (Wildman–Crippen LogP) is 30.4. The highest BCUT2D eigenvalue weighted by molar-refractivity contribution is 7.47. The fourth-order valence-electron chi connectivity index (χ4n) is 14.5. The Balaban J connectivity index is 3.81. The molecule has 592 valence electrons. The lowest BCUT2D eigenvalue weighted by Crippen LogP contribution is -2.37. The van der Waals surface area contributed by atoms with Gasteiger partial charge in [0.2, 0.25) is 0 Å². The summed E-state index contributed by atoms with van der Waals surface area (Å²) in [6.45, 7) is 4.55. The van der Waals surface area contributed by atoms with Gasteiger partial charge in [0, 0.05) is 12.8 Å². The maximum atomic E-state index is 12.9. The van der Waals surface area contributed by atoms with E-state index in [1.807, 2.05) is 21.1 Å². The van der Waals surface area contributed by atoms with Gasteiger partial charge in [0.1, 0.15) is 19.8 Å². The number of phosphoric ester groups is 1. The first-order valence-electron chi connectivity index (χ1n) is 45.3. The van der Waals surface area contributed by atoms with E-state index >= 15 is 0 Å². The van der Waals surface area contributed by atoms with E-state index in [0.717, 1.165) is 38.5 Å². The molecule has 0 spiro atoms. The first-order chi connectivity index (χ1) is 48.5. The molecule has 0 fully saturated rings. The number of unbranched alkanes of at least 4 members (excludes halogenated alkanes) is 73. The Hall–Kier alpha value is -0.990. The van der Waals surface area contributed by atoms with Crippen molar-refractivity contribution in [2.75, 3.05) is 47.5 Å². The Kier molecular flexibility index (Phi) is 80.3. The van der Waals surface area contributed by atoms with Crippen LogP contribution in [0.5, 0.6) is 0 Å². The molecule has 2 atom stereocenters. The molecule has 0 aliphatic carbocycles. The minimum atomic E-state index is -4.39. The molecule has 0 heterocycles. The third-order valence-electron chi connectivity index (χ3n) is 21.4.